The minimum atomic E-state index is -3.51. The maximum absolute atomic E-state index is 13.6. The first-order valence-corrected chi connectivity index (χ1v) is 10.6. The van der Waals surface area contributed by atoms with E-state index in [0.717, 1.165) is 17.4 Å². The number of nitrogens with zero attached hydrogens (tertiary/aromatic N) is 1. The Labute approximate surface area is 160 Å². The van der Waals surface area contributed by atoms with Crippen molar-refractivity contribution in [3.8, 4) is 0 Å². The third-order valence-corrected chi connectivity index (χ3v) is 5.46. The first-order chi connectivity index (χ1) is 12.7. The number of benzene rings is 2. The first kappa shape index (κ1) is 20.9. The number of hydrogen-bond donors (Lipinski definition) is 1. The van der Waals surface area contributed by atoms with Crippen molar-refractivity contribution < 1.29 is 17.6 Å². The molecule has 0 fully saturated rings. The molecule has 2 aromatic carbocycles. The Balaban J connectivity index is 2.09. The van der Waals surface area contributed by atoms with Gasteiger partial charge in [-0.2, -0.15) is 0 Å². The molecule has 1 amide bonds. The predicted octanol–water partition coefficient (Wildman–Crippen LogP) is 2.82. The molecule has 0 aromatic heterocycles. The second-order valence-electron chi connectivity index (χ2n) is 6.39. The number of nitrogens with one attached hydrogen (secondary N) is 1. The Morgan fingerprint density at radius 1 is 1.11 bits per heavy atom. The van der Waals surface area contributed by atoms with Gasteiger partial charge in [0.25, 0.3) is 0 Å². The number of rotatable bonds is 8. The maximum atomic E-state index is 13.6. The van der Waals surface area contributed by atoms with Crippen molar-refractivity contribution in [2.75, 3.05) is 23.7 Å². The molecular formula is C20H25FN2O3S. The van der Waals surface area contributed by atoms with E-state index >= 15 is 0 Å². The quantitative estimate of drug-likeness (QED) is 0.751. The lowest BCUT2D eigenvalue weighted by Gasteiger charge is -2.26. The average molecular weight is 392 g/mol. The molecule has 0 heterocycles. The Morgan fingerprint density at radius 3 is 2.41 bits per heavy atom. The van der Waals surface area contributed by atoms with Crippen molar-refractivity contribution in [1.82, 2.24) is 5.32 Å². The van der Waals surface area contributed by atoms with E-state index < -0.39 is 15.8 Å². The van der Waals surface area contributed by atoms with Gasteiger partial charge in [0.2, 0.25) is 15.9 Å². The standard InChI is InChI=1S/C20H25FN2O3S/c1-4-16-10-7-8-15(2)20(16)23(27(3,25)26)13-12-22-19(24)14-17-9-5-6-11-18(17)21/h5-11H,4,12-14H2,1-3H3,(H,22,24). The predicted molar refractivity (Wildman–Crippen MR) is 106 cm³/mol. The van der Waals surface area contributed by atoms with Gasteiger partial charge in [-0.05, 0) is 36.1 Å². The summed E-state index contributed by atoms with van der Waals surface area (Å²) in [6, 6.07) is 11.8. The Kier molecular flexibility index (Phi) is 6.96. The highest BCUT2D eigenvalue weighted by molar-refractivity contribution is 7.92. The summed E-state index contributed by atoms with van der Waals surface area (Å²) >= 11 is 0. The molecule has 0 atom stereocenters. The van der Waals surface area contributed by atoms with E-state index in [9.17, 15) is 17.6 Å². The van der Waals surface area contributed by atoms with Crippen LogP contribution >= 0.6 is 0 Å². The molecule has 0 aliphatic carbocycles. The third-order valence-electron chi connectivity index (χ3n) is 4.30. The Morgan fingerprint density at radius 2 is 1.78 bits per heavy atom. The van der Waals surface area contributed by atoms with Crippen molar-refractivity contribution in [3.05, 3.63) is 65.0 Å². The van der Waals surface area contributed by atoms with Crippen LogP contribution in [0.3, 0.4) is 0 Å². The zero-order valence-corrected chi connectivity index (χ0v) is 16.6. The van der Waals surface area contributed by atoms with E-state index in [0.29, 0.717) is 17.7 Å². The highest BCUT2D eigenvalue weighted by Gasteiger charge is 2.21. The monoisotopic (exact) mass is 392 g/mol. The number of amides is 1. The van der Waals surface area contributed by atoms with Gasteiger partial charge < -0.3 is 5.32 Å². The number of anilines is 1. The molecule has 0 aliphatic heterocycles. The Bertz CT molecular complexity index is 913. The van der Waals surface area contributed by atoms with Gasteiger partial charge in [-0.25, -0.2) is 12.8 Å². The zero-order chi connectivity index (χ0) is 20.0. The lowest BCUT2D eigenvalue weighted by atomic mass is 10.1. The van der Waals surface area contributed by atoms with Crippen molar-refractivity contribution in [3.63, 3.8) is 0 Å². The van der Waals surface area contributed by atoms with Crippen molar-refractivity contribution in [2.24, 2.45) is 0 Å². The summed E-state index contributed by atoms with van der Waals surface area (Å²) < 4.78 is 39.6. The van der Waals surface area contributed by atoms with E-state index in [1.807, 2.05) is 32.0 Å². The number of halogens is 1. The van der Waals surface area contributed by atoms with Crippen LogP contribution in [-0.4, -0.2) is 33.7 Å². The summed E-state index contributed by atoms with van der Waals surface area (Å²) in [5.74, 6) is -0.785. The second-order valence-corrected chi connectivity index (χ2v) is 8.30. The van der Waals surface area contributed by atoms with Crippen LogP contribution in [0.1, 0.15) is 23.6 Å². The number of carbonyl (C=O) groups is 1. The van der Waals surface area contributed by atoms with Gasteiger partial charge in [-0.3, -0.25) is 9.10 Å². The van der Waals surface area contributed by atoms with Crippen LogP contribution in [0.25, 0.3) is 0 Å². The molecular weight excluding hydrogens is 367 g/mol. The largest absolute Gasteiger partial charge is 0.354 e. The number of carbonyl (C=O) groups excluding carboxylic acids is 1. The number of para-hydroxylation sites is 1. The van der Waals surface area contributed by atoms with Gasteiger partial charge >= 0.3 is 0 Å². The van der Waals surface area contributed by atoms with Crippen LogP contribution in [0.4, 0.5) is 10.1 Å². The van der Waals surface area contributed by atoms with E-state index in [1.165, 1.54) is 10.4 Å². The fraction of sp³-hybridized carbons (Fsp3) is 0.350. The Hall–Kier alpha value is -2.41. The minimum absolute atomic E-state index is 0.0872. The molecule has 2 rings (SSSR count). The molecule has 7 heteroatoms. The van der Waals surface area contributed by atoms with Crippen molar-refractivity contribution in [2.45, 2.75) is 26.7 Å². The first-order valence-electron chi connectivity index (χ1n) is 8.80. The second kappa shape index (κ2) is 8.99. The van der Waals surface area contributed by atoms with Crippen LogP contribution in [-0.2, 0) is 27.7 Å². The van der Waals surface area contributed by atoms with Gasteiger partial charge in [0.05, 0.1) is 24.9 Å². The van der Waals surface area contributed by atoms with Gasteiger partial charge in [0.1, 0.15) is 5.82 Å². The lowest BCUT2D eigenvalue weighted by Crippen LogP contribution is -2.39. The van der Waals surface area contributed by atoms with Gasteiger partial charge in [0, 0.05) is 6.54 Å². The van der Waals surface area contributed by atoms with Crippen molar-refractivity contribution in [1.29, 1.82) is 0 Å². The highest BCUT2D eigenvalue weighted by atomic mass is 32.2. The van der Waals surface area contributed by atoms with E-state index in [1.54, 1.807) is 18.2 Å². The van der Waals surface area contributed by atoms with Crippen LogP contribution in [0, 0.1) is 12.7 Å². The van der Waals surface area contributed by atoms with Gasteiger partial charge in [-0.1, -0.05) is 43.3 Å². The molecule has 0 saturated carbocycles. The molecule has 0 bridgehead atoms. The molecule has 5 nitrogen and oxygen atoms in total. The fourth-order valence-electron chi connectivity index (χ4n) is 2.98. The molecule has 2 aromatic rings. The van der Waals surface area contributed by atoms with Gasteiger partial charge in [0.15, 0.2) is 0 Å². The van der Waals surface area contributed by atoms with Crippen molar-refractivity contribution >= 4 is 21.6 Å². The molecule has 1 N–H and O–H groups in total. The molecule has 146 valence electrons. The fourth-order valence-corrected chi connectivity index (χ4v) is 4.00. The average Bonchev–Trinajstić information content (AvgIpc) is 2.60. The lowest BCUT2D eigenvalue weighted by molar-refractivity contribution is -0.120. The summed E-state index contributed by atoms with van der Waals surface area (Å²) in [5, 5.41) is 2.68. The number of sulfonamides is 1. The van der Waals surface area contributed by atoms with E-state index in [-0.39, 0.29) is 25.4 Å². The number of aryl methyl sites for hydroxylation is 2. The topological polar surface area (TPSA) is 66.5 Å². The summed E-state index contributed by atoms with van der Waals surface area (Å²) in [7, 11) is -3.51. The molecule has 0 saturated heterocycles. The summed E-state index contributed by atoms with van der Waals surface area (Å²) in [5.41, 5.74) is 2.75. The summed E-state index contributed by atoms with van der Waals surface area (Å²) in [6.07, 6.45) is 1.76. The van der Waals surface area contributed by atoms with Gasteiger partial charge in [-0.15, -0.1) is 0 Å². The SMILES string of the molecule is CCc1cccc(C)c1N(CCNC(=O)Cc1ccccc1F)S(C)(=O)=O. The third kappa shape index (κ3) is 5.53. The molecule has 0 spiro atoms. The van der Waals surface area contributed by atoms with Crippen LogP contribution < -0.4 is 9.62 Å². The summed E-state index contributed by atoms with van der Waals surface area (Å²) in [6.45, 7) is 4.08. The molecule has 0 unspecified atom stereocenters. The molecule has 0 aliphatic rings. The number of hydrogen-bond acceptors (Lipinski definition) is 3. The maximum Gasteiger partial charge on any atom is 0.232 e. The van der Waals surface area contributed by atoms with E-state index in [4.69, 9.17) is 0 Å². The zero-order valence-electron chi connectivity index (χ0n) is 15.8. The van der Waals surface area contributed by atoms with Crippen LogP contribution in [0.2, 0.25) is 0 Å². The normalized spacial score (nSPS) is 11.3. The summed E-state index contributed by atoms with van der Waals surface area (Å²) in [4.78, 5) is 12.1. The molecule has 0 radical (unpaired) electrons. The van der Waals surface area contributed by atoms with Crippen LogP contribution in [0.5, 0.6) is 0 Å². The highest BCUT2D eigenvalue weighted by Crippen LogP contribution is 2.27. The smallest absolute Gasteiger partial charge is 0.232 e. The molecule has 27 heavy (non-hydrogen) atoms. The minimum Gasteiger partial charge on any atom is -0.354 e. The van der Waals surface area contributed by atoms with E-state index in [2.05, 4.69) is 5.32 Å². The van der Waals surface area contributed by atoms with Crippen LogP contribution in [0.15, 0.2) is 42.5 Å².